The van der Waals surface area contributed by atoms with Crippen molar-refractivity contribution in [2.75, 3.05) is 0 Å². The van der Waals surface area contributed by atoms with Crippen molar-refractivity contribution in [1.29, 1.82) is 0 Å². The summed E-state index contributed by atoms with van der Waals surface area (Å²) < 4.78 is 0. The van der Waals surface area contributed by atoms with Crippen LogP contribution in [0.25, 0.3) is 0 Å². The maximum Gasteiger partial charge on any atom is 0.0571 e. The molecular weight excluding hydrogens is 252 g/mol. The SMILES string of the molecule is CC[C@@H](N)c1ccc(SCc2cccc(C)c2)cn1. The Morgan fingerprint density at radius 3 is 2.74 bits per heavy atom. The van der Waals surface area contributed by atoms with E-state index in [-0.39, 0.29) is 6.04 Å². The molecule has 3 heteroatoms. The molecule has 1 atom stereocenters. The van der Waals surface area contributed by atoms with E-state index in [1.165, 1.54) is 16.0 Å². The Kier molecular flexibility index (Phi) is 5.00. The molecule has 0 amide bonds. The van der Waals surface area contributed by atoms with E-state index in [0.29, 0.717) is 0 Å². The predicted octanol–water partition coefficient (Wildman–Crippen LogP) is 4.09. The molecule has 2 N–H and O–H groups in total. The van der Waals surface area contributed by atoms with Crippen molar-refractivity contribution in [3.05, 3.63) is 59.4 Å². The highest BCUT2D eigenvalue weighted by Crippen LogP contribution is 2.23. The molecule has 2 nitrogen and oxygen atoms in total. The quantitative estimate of drug-likeness (QED) is 0.833. The molecule has 0 aliphatic carbocycles. The lowest BCUT2D eigenvalue weighted by atomic mass is 10.1. The van der Waals surface area contributed by atoms with Gasteiger partial charge in [-0.1, -0.05) is 36.8 Å². The van der Waals surface area contributed by atoms with E-state index in [0.717, 1.165) is 17.9 Å². The van der Waals surface area contributed by atoms with Crippen LogP contribution in [-0.2, 0) is 5.75 Å². The van der Waals surface area contributed by atoms with E-state index in [9.17, 15) is 0 Å². The lowest BCUT2D eigenvalue weighted by Gasteiger charge is -2.08. The molecule has 0 radical (unpaired) electrons. The van der Waals surface area contributed by atoms with Crippen molar-refractivity contribution in [3.63, 3.8) is 0 Å². The first-order valence-corrected chi connectivity index (χ1v) is 7.57. The lowest BCUT2D eigenvalue weighted by Crippen LogP contribution is -2.10. The third kappa shape index (κ3) is 4.08. The second-order valence-electron chi connectivity index (χ2n) is 4.71. The molecule has 19 heavy (non-hydrogen) atoms. The first-order chi connectivity index (χ1) is 9.19. The second-order valence-corrected chi connectivity index (χ2v) is 5.76. The molecule has 1 heterocycles. The number of benzene rings is 1. The van der Waals surface area contributed by atoms with Gasteiger partial charge in [-0.2, -0.15) is 0 Å². The summed E-state index contributed by atoms with van der Waals surface area (Å²) in [4.78, 5) is 5.62. The van der Waals surface area contributed by atoms with Crippen molar-refractivity contribution >= 4 is 11.8 Å². The monoisotopic (exact) mass is 272 g/mol. The number of nitrogens with two attached hydrogens (primary N) is 1. The average Bonchev–Trinajstić information content (AvgIpc) is 2.45. The van der Waals surface area contributed by atoms with Gasteiger partial charge in [-0.15, -0.1) is 11.8 Å². The minimum atomic E-state index is 0.0517. The molecule has 0 saturated carbocycles. The third-order valence-corrected chi connectivity index (χ3v) is 4.12. The van der Waals surface area contributed by atoms with Gasteiger partial charge in [0.2, 0.25) is 0 Å². The van der Waals surface area contributed by atoms with Gasteiger partial charge in [0.25, 0.3) is 0 Å². The molecule has 2 aromatic rings. The summed E-state index contributed by atoms with van der Waals surface area (Å²) in [5.41, 5.74) is 9.58. The Bertz CT molecular complexity index is 523. The van der Waals surface area contributed by atoms with Crippen LogP contribution in [0.1, 0.15) is 36.2 Å². The Morgan fingerprint density at radius 2 is 2.11 bits per heavy atom. The van der Waals surface area contributed by atoms with Gasteiger partial charge in [0.15, 0.2) is 0 Å². The average molecular weight is 272 g/mol. The number of aryl methyl sites for hydroxylation is 1. The van der Waals surface area contributed by atoms with Gasteiger partial charge in [-0.3, -0.25) is 4.98 Å². The zero-order valence-electron chi connectivity index (χ0n) is 11.5. The first kappa shape index (κ1) is 14.1. The Balaban J connectivity index is 1.96. The molecule has 100 valence electrons. The fraction of sp³-hybridized carbons (Fsp3) is 0.312. The summed E-state index contributed by atoms with van der Waals surface area (Å²) in [5, 5.41) is 0. The summed E-state index contributed by atoms with van der Waals surface area (Å²) in [6.07, 6.45) is 2.84. The molecular formula is C16H20N2S. The van der Waals surface area contributed by atoms with Crippen LogP contribution in [-0.4, -0.2) is 4.98 Å². The number of hydrogen-bond donors (Lipinski definition) is 1. The van der Waals surface area contributed by atoms with Crippen molar-refractivity contribution in [2.24, 2.45) is 5.73 Å². The molecule has 0 spiro atoms. The van der Waals surface area contributed by atoms with Crippen LogP contribution < -0.4 is 5.73 Å². The van der Waals surface area contributed by atoms with Crippen LogP contribution in [0.4, 0.5) is 0 Å². The Labute approximate surface area is 119 Å². The van der Waals surface area contributed by atoms with Crippen molar-refractivity contribution < 1.29 is 0 Å². The fourth-order valence-electron chi connectivity index (χ4n) is 1.87. The minimum absolute atomic E-state index is 0.0517. The Morgan fingerprint density at radius 1 is 1.26 bits per heavy atom. The summed E-state index contributed by atoms with van der Waals surface area (Å²) >= 11 is 1.81. The van der Waals surface area contributed by atoms with Gasteiger partial charge in [0, 0.05) is 22.9 Å². The highest BCUT2D eigenvalue weighted by atomic mass is 32.2. The standard InChI is InChI=1S/C16H20N2S/c1-3-15(17)16-8-7-14(10-18-16)19-11-13-6-4-5-12(2)9-13/h4-10,15H,3,11,17H2,1-2H3/t15-/m1/s1. The zero-order chi connectivity index (χ0) is 13.7. The van der Waals surface area contributed by atoms with Gasteiger partial charge >= 0.3 is 0 Å². The molecule has 0 aliphatic rings. The number of pyridine rings is 1. The van der Waals surface area contributed by atoms with Crippen LogP contribution >= 0.6 is 11.8 Å². The van der Waals surface area contributed by atoms with Crippen LogP contribution in [0.5, 0.6) is 0 Å². The molecule has 1 aromatic heterocycles. The summed E-state index contributed by atoms with van der Waals surface area (Å²) in [6.45, 7) is 4.20. The van der Waals surface area contributed by atoms with E-state index in [1.807, 2.05) is 12.3 Å². The minimum Gasteiger partial charge on any atom is -0.323 e. The fourth-order valence-corrected chi connectivity index (χ4v) is 2.68. The number of aromatic nitrogens is 1. The van der Waals surface area contributed by atoms with E-state index in [2.05, 4.69) is 49.2 Å². The van der Waals surface area contributed by atoms with Gasteiger partial charge < -0.3 is 5.73 Å². The first-order valence-electron chi connectivity index (χ1n) is 6.59. The smallest absolute Gasteiger partial charge is 0.0571 e. The van der Waals surface area contributed by atoms with Crippen LogP contribution in [0.2, 0.25) is 0 Å². The van der Waals surface area contributed by atoms with Gasteiger partial charge in [-0.05, 0) is 31.0 Å². The molecule has 0 unspecified atom stereocenters. The van der Waals surface area contributed by atoms with Gasteiger partial charge in [0.1, 0.15) is 0 Å². The number of rotatable bonds is 5. The maximum absolute atomic E-state index is 5.96. The predicted molar refractivity (Wildman–Crippen MR) is 82.2 cm³/mol. The Hall–Kier alpha value is -1.32. The summed E-state index contributed by atoms with van der Waals surface area (Å²) in [6, 6.07) is 12.8. The van der Waals surface area contributed by atoms with E-state index in [4.69, 9.17) is 5.73 Å². The molecule has 1 aromatic carbocycles. The molecule has 0 bridgehead atoms. The maximum atomic E-state index is 5.96. The van der Waals surface area contributed by atoms with E-state index < -0.39 is 0 Å². The lowest BCUT2D eigenvalue weighted by molar-refractivity contribution is 0.674. The van der Waals surface area contributed by atoms with E-state index in [1.54, 1.807) is 11.8 Å². The zero-order valence-corrected chi connectivity index (χ0v) is 12.3. The van der Waals surface area contributed by atoms with Crippen molar-refractivity contribution in [3.8, 4) is 0 Å². The number of thioether (sulfide) groups is 1. The van der Waals surface area contributed by atoms with Crippen molar-refractivity contribution in [1.82, 2.24) is 4.98 Å². The molecule has 0 aliphatic heterocycles. The largest absolute Gasteiger partial charge is 0.323 e. The van der Waals surface area contributed by atoms with Gasteiger partial charge in [0.05, 0.1) is 5.69 Å². The normalized spacial score (nSPS) is 12.4. The third-order valence-electron chi connectivity index (χ3n) is 3.07. The van der Waals surface area contributed by atoms with Crippen molar-refractivity contribution in [2.45, 2.75) is 37.0 Å². The topological polar surface area (TPSA) is 38.9 Å². The highest BCUT2D eigenvalue weighted by Gasteiger charge is 2.04. The molecule has 2 rings (SSSR count). The molecule has 0 fully saturated rings. The summed E-state index contributed by atoms with van der Waals surface area (Å²) in [5.74, 6) is 0.975. The number of hydrogen-bond acceptors (Lipinski definition) is 3. The molecule has 0 saturated heterocycles. The van der Waals surface area contributed by atoms with E-state index >= 15 is 0 Å². The summed E-state index contributed by atoms with van der Waals surface area (Å²) in [7, 11) is 0. The second kappa shape index (κ2) is 6.73. The van der Waals surface area contributed by atoms with Gasteiger partial charge in [-0.25, -0.2) is 0 Å². The van der Waals surface area contributed by atoms with Crippen LogP contribution in [0.15, 0.2) is 47.5 Å². The van der Waals surface area contributed by atoms with Crippen LogP contribution in [0, 0.1) is 6.92 Å². The number of nitrogens with zero attached hydrogens (tertiary/aromatic N) is 1. The van der Waals surface area contributed by atoms with Crippen LogP contribution in [0.3, 0.4) is 0 Å². The highest BCUT2D eigenvalue weighted by molar-refractivity contribution is 7.98.